The van der Waals surface area contributed by atoms with E-state index in [9.17, 15) is 17.6 Å². The normalized spacial score (nSPS) is 11.9. The first kappa shape index (κ1) is 15.8. The second kappa shape index (κ2) is 5.84. The average Bonchev–Trinajstić information content (AvgIpc) is 2.88. The quantitative estimate of drug-likeness (QED) is 0.613. The molecule has 1 N–H and O–H groups in total. The van der Waals surface area contributed by atoms with Gasteiger partial charge >= 0.3 is 6.18 Å². The van der Waals surface area contributed by atoms with Gasteiger partial charge in [0.2, 0.25) is 0 Å². The van der Waals surface area contributed by atoms with E-state index < -0.39 is 17.6 Å². The van der Waals surface area contributed by atoms with Gasteiger partial charge in [0.15, 0.2) is 11.4 Å². The molecule has 2 aromatic carbocycles. The summed E-state index contributed by atoms with van der Waals surface area (Å²) in [4.78, 5) is 0. The summed E-state index contributed by atoms with van der Waals surface area (Å²) >= 11 is 3.15. The van der Waals surface area contributed by atoms with Crippen LogP contribution < -0.4 is 5.32 Å². The predicted octanol–water partition coefficient (Wildman–Crippen LogP) is 5.36. The van der Waals surface area contributed by atoms with Crippen LogP contribution in [0.2, 0.25) is 0 Å². The van der Waals surface area contributed by atoms with Gasteiger partial charge < -0.3 is 9.84 Å². The predicted molar refractivity (Wildman–Crippen MR) is 80.4 cm³/mol. The second-order valence-corrected chi connectivity index (χ2v) is 5.74. The third-order valence-corrected chi connectivity index (χ3v) is 3.75. The maximum Gasteiger partial charge on any atom is 0.416 e. The molecule has 0 aliphatic rings. The maximum absolute atomic E-state index is 13.8. The van der Waals surface area contributed by atoms with Gasteiger partial charge in [-0.1, -0.05) is 27.2 Å². The van der Waals surface area contributed by atoms with Gasteiger partial charge in [0.25, 0.3) is 0 Å². The molecule has 0 spiro atoms. The van der Waals surface area contributed by atoms with E-state index in [0.717, 1.165) is 12.1 Å². The van der Waals surface area contributed by atoms with Gasteiger partial charge in [0.05, 0.1) is 10.9 Å². The molecule has 3 nitrogen and oxygen atoms in total. The molecular formula is C15H9BrF4N2O. The fraction of sp³-hybridized carbons (Fsp3) is 0.133. The highest BCUT2D eigenvalue weighted by atomic mass is 79.9. The number of fused-ring (bicyclic) bond motifs is 1. The Labute approximate surface area is 136 Å². The molecule has 0 unspecified atom stereocenters. The Morgan fingerprint density at radius 1 is 1.13 bits per heavy atom. The molecule has 0 atom stereocenters. The molecule has 0 bridgehead atoms. The van der Waals surface area contributed by atoms with Crippen molar-refractivity contribution in [2.45, 2.75) is 12.7 Å². The lowest BCUT2D eigenvalue weighted by Crippen LogP contribution is -2.05. The molecule has 0 aliphatic heterocycles. The van der Waals surface area contributed by atoms with Crippen molar-refractivity contribution in [2.24, 2.45) is 0 Å². The Kier molecular flexibility index (Phi) is 4.01. The summed E-state index contributed by atoms with van der Waals surface area (Å²) in [6.07, 6.45) is -4.46. The topological polar surface area (TPSA) is 38.1 Å². The molecule has 0 radical (unpaired) electrons. The number of hydrogen-bond donors (Lipinski definition) is 1. The van der Waals surface area contributed by atoms with E-state index in [1.54, 1.807) is 12.1 Å². The number of alkyl halides is 3. The Bertz CT molecular complexity index is 860. The summed E-state index contributed by atoms with van der Waals surface area (Å²) in [6, 6.07) is 7.62. The highest BCUT2D eigenvalue weighted by molar-refractivity contribution is 9.10. The number of nitrogens with one attached hydrogen (secondary N) is 1. The summed E-state index contributed by atoms with van der Waals surface area (Å²) < 4.78 is 57.6. The van der Waals surface area contributed by atoms with E-state index in [1.165, 1.54) is 12.1 Å². The van der Waals surface area contributed by atoms with Crippen molar-refractivity contribution in [1.29, 1.82) is 0 Å². The molecule has 1 heterocycles. The van der Waals surface area contributed by atoms with Crippen molar-refractivity contribution in [3.63, 3.8) is 0 Å². The molecule has 23 heavy (non-hydrogen) atoms. The first-order valence-corrected chi connectivity index (χ1v) is 7.28. The summed E-state index contributed by atoms with van der Waals surface area (Å²) in [5.74, 6) is -0.302. The first-order chi connectivity index (χ1) is 10.8. The molecule has 8 heteroatoms. The van der Waals surface area contributed by atoms with Crippen LogP contribution in [0.5, 0.6) is 0 Å². The zero-order chi connectivity index (χ0) is 16.6. The van der Waals surface area contributed by atoms with Gasteiger partial charge in [0, 0.05) is 16.6 Å². The fourth-order valence-corrected chi connectivity index (χ4v) is 2.42. The molecule has 120 valence electrons. The summed E-state index contributed by atoms with van der Waals surface area (Å²) in [7, 11) is 0. The van der Waals surface area contributed by atoms with Crippen molar-refractivity contribution >= 4 is 32.7 Å². The van der Waals surface area contributed by atoms with Crippen molar-refractivity contribution in [3.8, 4) is 0 Å². The molecule has 0 saturated heterocycles. The number of benzene rings is 2. The highest BCUT2D eigenvalue weighted by Crippen LogP contribution is 2.33. The Hall–Kier alpha value is -2.09. The van der Waals surface area contributed by atoms with Crippen LogP contribution >= 0.6 is 15.9 Å². The van der Waals surface area contributed by atoms with Crippen LogP contribution in [0.4, 0.5) is 23.4 Å². The van der Waals surface area contributed by atoms with Crippen LogP contribution in [0, 0.1) is 5.82 Å². The lowest BCUT2D eigenvalue weighted by Gasteiger charge is -2.07. The van der Waals surface area contributed by atoms with Crippen LogP contribution in [-0.4, -0.2) is 5.16 Å². The van der Waals surface area contributed by atoms with Crippen LogP contribution in [0.15, 0.2) is 45.4 Å². The summed E-state index contributed by atoms with van der Waals surface area (Å²) in [5, 5.41) is 6.68. The molecule has 0 fully saturated rings. The van der Waals surface area contributed by atoms with E-state index >= 15 is 0 Å². The number of anilines is 1. The summed E-state index contributed by atoms with van der Waals surface area (Å²) in [5.41, 5.74) is -0.223. The van der Waals surface area contributed by atoms with Crippen LogP contribution in [0.25, 0.3) is 11.0 Å². The van der Waals surface area contributed by atoms with E-state index in [2.05, 4.69) is 26.4 Å². The molecule has 3 aromatic rings. The average molecular weight is 389 g/mol. The molecular weight excluding hydrogens is 380 g/mol. The molecule has 0 aliphatic carbocycles. The van der Waals surface area contributed by atoms with E-state index in [-0.39, 0.29) is 23.3 Å². The standard InChI is InChI=1S/C15H9BrF4N2O/c16-10-3-1-8(12(17)6-10)7-21-14-11-5-9(15(18,19)20)2-4-13(11)23-22-14/h1-6H,7H2,(H,21,22). The first-order valence-electron chi connectivity index (χ1n) is 6.49. The number of rotatable bonds is 3. The van der Waals surface area contributed by atoms with Gasteiger partial charge in [-0.3, -0.25) is 0 Å². The molecule has 1 aromatic heterocycles. The minimum Gasteiger partial charge on any atom is -0.363 e. The monoisotopic (exact) mass is 388 g/mol. The smallest absolute Gasteiger partial charge is 0.363 e. The Morgan fingerprint density at radius 2 is 1.91 bits per heavy atom. The number of aromatic nitrogens is 1. The largest absolute Gasteiger partial charge is 0.416 e. The molecule has 0 saturated carbocycles. The van der Waals surface area contributed by atoms with Crippen molar-refractivity contribution in [1.82, 2.24) is 5.16 Å². The maximum atomic E-state index is 13.8. The Morgan fingerprint density at radius 3 is 2.61 bits per heavy atom. The SMILES string of the molecule is Fc1cc(Br)ccc1CNc1noc2ccc(C(F)(F)F)cc12. The van der Waals surface area contributed by atoms with Crippen LogP contribution in [-0.2, 0) is 12.7 Å². The number of nitrogens with zero attached hydrogens (tertiary/aromatic N) is 1. The highest BCUT2D eigenvalue weighted by Gasteiger charge is 2.31. The third-order valence-electron chi connectivity index (χ3n) is 3.26. The van der Waals surface area contributed by atoms with Gasteiger partial charge in [-0.15, -0.1) is 0 Å². The third kappa shape index (κ3) is 3.31. The lowest BCUT2D eigenvalue weighted by atomic mass is 10.1. The second-order valence-electron chi connectivity index (χ2n) is 4.83. The van der Waals surface area contributed by atoms with Crippen LogP contribution in [0.1, 0.15) is 11.1 Å². The van der Waals surface area contributed by atoms with Crippen LogP contribution in [0.3, 0.4) is 0 Å². The van der Waals surface area contributed by atoms with Gasteiger partial charge in [-0.25, -0.2) is 4.39 Å². The number of hydrogen-bond acceptors (Lipinski definition) is 3. The van der Waals surface area contributed by atoms with Gasteiger partial charge in [-0.2, -0.15) is 13.2 Å². The van der Waals surface area contributed by atoms with Gasteiger partial charge in [0.1, 0.15) is 5.82 Å². The Balaban J connectivity index is 1.88. The molecule has 0 amide bonds. The summed E-state index contributed by atoms with van der Waals surface area (Å²) in [6.45, 7) is 0.0665. The molecule has 3 rings (SSSR count). The number of halogens is 5. The fourth-order valence-electron chi connectivity index (χ4n) is 2.09. The van der Waals surface area contributed by atoms with E-state index in [4.69, 9.17) is 4.52 Å². The van der Waals surface area contributed by atoms with E-state index in [1.807, 2.05) is 0 Å². The van der Waals surface area contributed by atoms with Gasteiger partial charge in [-0.05, 0) is 30.3 Å². The zero-order valence-corrected chi connectivity index (χ0v) is 13.0. The lowest BCUT2D eigenvalue weighted by molar-refractivity contribution is -0.137. The van der Waals surface area contributed by atoms with Crippen molar-refractivity contribution < 1.29 is 22.1 Å². The van der Waals surface area contributed by atoms with Crippen molar-refractivity contribution in [2.75, 3.05) is 5.32 Å². The zero-order valence-electron chi connectivity index (χ0n) is 11.4. The van der Waals surface area contributed by atoms with Crippen molar-refractivity contribution in [3.05, 3.63) is 57.8 Å². The minimum atomic E-state index is -4.46. The van der Waals surface area contributed by atoms with E-state index in [0.29, 0.717) is 10.0 Å². The minimum absolute atomic E-state index is 0.0665.